The zero-order valence-electron chi connectivity index (χ0n) is 9.49. The lowest BCUT2D eigenvalue weighted by Gasteiger charge is -2.26. The quantitative estimate of drug-likeness (QED) is 0.896. The summed E-state index contributed by atoms with van der Waals surface area (Å²) in [6.07, 6.45) is 3.56. The van der Waals surface area contributed by atoms with E-state index in [4.69, 9.17) is 5.11 Å². The molecule has 0 atom stereocenters. The summed E-state index contributed by atoms with van der Waals surface area (Å²) in [5.74, 6) is -0.755. The van der Waals surface area contributed by atoms with Crippen LogP contribution < -0.4 is 5.32 Å². The number of rotatable bonds is 4. The van der Waals surface area contributed by atoms with Crippen molar-refractivity contribution in [2.75, 3.05) is 0 Å². The Hall–Kier alpha value is -0.390. The lowest BCUT2D eigenvalue weighted by Crippen LogP contribution is -2.34. The SMILES string of the molecule is O=C(O)C1CCC(NCc2cc(Br)cs2)CC1. The van der Waals surface area contributed by atoms with Gasteiger partial charge in [-0.1, -0.05) is 0 Å². The number of thiophene rings is 1. The second-order valence-corrected chi connectivity index (χ2v) is 6.41. The van der Waals surface area contributed by atoms with E-state index in [0.29, 0.717) is 6.04 Å². The first-order chi connectivity index (χ1) is 8.15. The molecule has 1 heterocycles. The normalized spacial score (nSPS) is 24.8. The molecule has 0 amide bonds. The van der Waals surface area contributed by atoms with E-state index in [1.165, 1.54) is 4.88 Å². The molecule has 2 N–H and O–H groups in total. The highest BCUT2D eigenvalue weighted by molar-refractivity contribution is 9.10. The number of hydrogen-bond donors (Lipinski definition) is 2. The van der Waals surface area contributed by atoms with E-state index in [0.717, 1.165) is 36.7 Å². The molecule has 5 heteroatoms. The average molecular weight is 318 g/mol. The predicted octanol–water partition coefficient (Wildman–Crippen LogP) is 3.24. The van der Waals surface area contributed by atoms with E-state index in [2.05, 4.69) is 32.7 Å². The Kier molecular flexibility index (Phi) is 4.59. The number of carbonyl (C=O) groups is 1. The molecule has 1 saturated carbocycles. The molecule has 0 unspecified atom stereocenters. The summed E-state index contributed by atoms with van der Waals surface area (Å²) in [5, 5.41) is 14.5. The molecule has 94 valence electrons. The van der Waals surface area contributed by atoms with Crippen LogP contribution in [0.4, 0.5) is 0 Å². The maximum atomic E-state index is 10.8. The van der Waals surface area contributed by atoms with Crippen LogP contribution in [0.2, 0.25) is 0 Å². The highest BCUT2D eigenvalue weighted by Crippen LogP contribution is 2.25. The Morgan fingerprint density at radius 2 is 2.18 bits per heavy atom. The van der Waals surface area contributed by atoms with Crippen LogP contribution in [0, 0.1) is 5.92 Å². The van der Waals surface area contributed by atoms with Crippen LogP contribution in [0.1, 0.15) is 30.6 Å². The first-order valence-corrected chi connectivity index (χ1v) is 7.51. The van der Waals surface area contributed by atoms with Crippen LogP contribution in [0.15, 0.2) is 15.9 Å². The third kappa shape index (κ3) is 3.79. The Labute approximate surface area is 113 Å². The molecule has 1 aliphatic rings. The smallest absolute Gasteiger partial charge is 0.306 e. The van der Waals surface area contributed by atoms with E-state index in [9.17, 15) is 4.79 Å². The van der Waals surface area contributed by atoms with Crippen molar-refractivity contribution in [2.45, 2.75) is 38.3 Å². The molecule has 0 spiro atoms. The maximum absolute atomic E-state index is 10.8. The van der Waals surface area contributed by atoms with Crippen molar-refractivity contribution in [3.05, 3.63) is 20.8 Å². The summed E-state index contributed by atoms with van der Waals surface area (Å²) in [4.78, 5) is 12.1. The van der Waals surface area contributed by atoms with Gasteiger partial charge in [0.25, 0.3) is 0 Å². The molecule has 0 aromatic carbocycles. The van der Waals surface area contributed by atoms with Crippen LogP contribution in [-0.2, 0) is 11.3 Å². The van der Waals surface area contributed by atoms with Gasteiger partial charge in [0, 0.05) is 27.3 Å². The van der Waals surface area contributed by atoms with Gasteiger partial charge in [-0.15, -0.1) is 11.3 Å². The van der Waals surface area contributed by atoms with E-state index in [1.807, 2.05) is 0 Å². The van der Waals surface area contributed by atoms with Gasteiger partial charge in [0.15, 0.2) is 0 Å². The summed E-state index contributed by atoms with van der Waals surface area (Å²) in [5.41, 5.74) is 0. The van der Waals surface area contributed by atoms with Crippen molar-refractivity contribution >= 4 is 33.2 Å². The average Bonchev–Trinajstić information content (AvgIpc) is 2.73. The highest BCUT2D eigenvalue weighted by Gasteiger charge is 2.25. The fraction of sp³-hybridized carbons (Fsp3) is 0.583. The number of halogens is 1. The van der Waals surface area contributed by atoms with Crippen molar-refractivity contribution < 1.29 is 9.90 Å². The zero-order chi connectivity index (χ0) is 12.3. The third-order valence-electron chi connectivity index (χ3n) is 3.26. The summed E-state index contributed by atoms with van der Waals surface area (Å²) >= 11 is 5.18. The van der Waals surface area contributed by atoms with Gasteiger partial charge in [-0.3, -0.25) is 4.79 Å². The lowest BCUT2D eigenvalue weighted by atomic mass is 9.86. The molecular weight excluding hydrogens is 302 g/mol. The lowest BCUT2D eigenvalue weighted by molar-refractivity contribution is -0.142. The second-order valence-electron chi connectivity index (χ2n) is 4.50. The van der Waals surface area contributed by atoms with Crippen molar-refractivity contribution in [1.82, 2.24) is 5.32 Å². The maximum Gasteiger partial charge on any atom is 0.306 e. The molecule has 1 aromatic heterocycles. The van der Waals surface area contributed by atoms with Crippen LogP contribution in [0.25, 0.3) is 0 Å². The van der Waals surface area contributed by atoms with Crippen molar-refractivity contribution in [3.8, 4) is 0 Å². The molecule has 1 aliphatic carbocycles. The molecule has 3 nitrogen and oxygen atoms in total. The van der Waals surface area contributed by atoms with Crippen LogP contribution >= 0.6 is 27.3 Å². The summed E-state index contributed by atoms with van der Waals surface area (Å²) in [6, 6.07) is 2.60. The summed E-state index contributed by atoms with van der Waals surface area (Å²) in [6.45, 7) is 0.888. The second kappa shape index (κ2) is 5.98. The molecule has 1 fully saturated rings. The molecule has 0 bridgehead atoms. The fourth-order valence-corrected chi connectivity index (χ4v) is 3.64. The molecule has 0 saturated heterocycles. The largest absolute Gasteiger partial charge is 0.481 e. The van der Waals surface area contributed by atoms with Crippen molar-refractivity contribution in [2.24, 2.45) is 5.92 Å². The minimum absolute atomic E-state index is 0.121. The van der Waals surface area contributed by atoms with E-state index < -0.39 is 5.97 Å². The van der Waals surface area contributed by atoms with E-state index in [-0.39, 0.29) is 5.92 Å². The van der Waals surface area contributed by atoms with Gasteiger partial charge < -0.3 is 10.4 Å². The van der Waals surface area contributed by atoms with Crippen molar-refractivity contribution in [3.63, 3.8) is 0 Å². The Bertz CT molecular complexity index is 386. The number of nitrogens with one attached hydrogen (secondary N) is 1. The van der Waals surface area contributed by atoms with Crippen LogP contribution in [0.3, 0.4) is 0 Å². The predicted molar refractivity (Wildman–Crippen MR) is 72.2 cm³/mol. The Morgan fingerprint density at radius 3 is 2.71 bits per heavy atom. The van der Waals surface area contributed by atoms with Gasteiger partial charge >= 0.3 is 5.97 Å². The highest BCUT2D eigenvalue weighted by atomic mass is 79.9. The van der Waals surface area contributed by atoms with Crippen LogP contribution in [0.5, 0.6) is 0 Å². The van der Waals surface area contributed by atoms with Gasteiger partial charge in [-0.2, -0.15) is 0 Å². The Morgan fingerprint density at radius 1 is 1.47 bits per heavy atom. The Balaban J connectivity index is 1.73. The molecule has 0 aliphatic heterocycles. The standard InChI is InChI=1S/C12H16BrNO2S/c13-9-5-11(17-7-9)6-14-10-3-1-8(2-4-10)12(15)16/h5,7-8,10,14H,1-4,6H2,(H,15,16). The molecule has 17 heavy (non-hydrogen) atoms. The fourth-order valence-electron chi connectivity index (χ4n) is 2.24. The van der Waals surface area contributed by atoms with Gasteiger partial charge in [0.2, 0.25) is 0 Å². The zero-order valence-corrected chi connectivity index (χ0v) is 11.9. The minimum atomic E-state index is -0.634. The molecule has 1 aromatic rings. The van der Waals surface area contributed by atoms with Gasteiger partial charge in [0.05, 0.1) is 5.92 Å². The van der Waals surface area contributed by atoms with Crippen LogP contribution in [-0.4, -0.2) is 17.1 Å². The van der Waals surface area contributed by atoms with E-state index in [1.54, 1.807) is 11.3 Å². The minimum Gasteiger partial charge on any atom is -0.481 e. The van der Waals surface area contributed by atoms with Crippen molar-refractivity contribution in [1.29, 1.82) is 0 Å². The molecule has 0 radical (unpaired) electrons. The van der Waals surface area contributed by atoms with Gasteiger partial charge in [-0.25, -0.2) is 0 Å². The first-order valence-electron chi connectivity index (χ1n) is 5.84. The summed E-state index contributed by atoms with van der Waals surface area (Å²) < 4.78 is 1.13. The number of hydrogen-bond acceptors (Lipinski definition) is 3. The first kappa shape index (κ1) is 13.1. The number of carboxylic acid groups (broad SMARTS) is 1. The molecule has 2 rings (SSSR count). The van der Waals surface area contributed by atoms with E-state index >= 15 is 0 Å². The summed E-state index contributed by atoms with van der Waals surface area (Å²) in [7, 11) is 0. The van der Waals surface area contributed by atoms with Gasteiger partial charge in [0.1, 0.15) is 0 Å². The number of aliphatic carboxylic acids is 1. The van der Waals surface area contributed by atoms with Gasteiger partial charge in [-0.05, 0) is 47.7 Å². The molecular formula is C12H16BrNO2S. The monoisotopic (exact) mass is 317 g/mol. The number of carboxylic acids is 1. The third-order valence-corrected chi connectivity index (χ3v) is 4.96. The topological polar surface area (TPSA) is 49.3 Å².